The molecule has 1 aliphatic carbocycles. The van der Waals surface area contributed by atoms with Gasteiger partial charge in [0.25, 0.3) is 5.92 Å². The molecule has 0 heterocycles. The molecule has 3 heteroatoms. The largest absolute Gasteiger partial charge is 0.381 e. The average molecular weight is 329 g/mol. The zero-order valence-corrected chi connectivity index (χ0v) is 14.5. The van der Waals surface area contributed by atoms with E-state index < -0.39 is 11.8 Å². The second-order valence-corrected chi connectivity index (χ2v) is 7.77. The summed E-state index contributed by atoms with van der Waals surface area (Å²) in [6, 6.07) is 17.1. The van der Waals surface area contributed by atoms with E-state index in [2.05, 4.69) is 26.1 Å². The third-order valence-electron chi connectivity index (χ3n) is 4.91. The van der Waals surface area contributed by atoms with E-state index in [1.165, 1.54) is 5.56 Å². The summed E-state index contributed by atoms with van der Waals surface area (Å²) in [6.45, 7) is 6.39. The van der Waals surface area contributed by atoms with E-state index in [-0.39, 0.29) is 17.9 Å². The second-order valence-electron chi connectivity index (χ2n) is 7.77. The van der Waals surface area contributed by atoms with Crippen molar-refractivity contribution in [1.82, 2.24) is 0 Å². The van der Waals surface area contributed by atoms with Gasteiger partial charge in [-0.1, -0.05) is 63.2 Å². The lowest BCUT2D eigenvalue weighted by Crippen LogP contribution is -2.31. The Morgan fingerprint density at radius 3 is 2.17 bits per heavy atom. The van der Waals surface area contributed by atoms with Crippen LogP contribution in [0.25, 0.3) is 0 Å². The standard InChI is InChI=1S/C21H25F2N/c1-20(2,3)16-11-9-15(10-12-16)19-18(13-14-21(19,22)23)24-17-7-5-4-6-8-17/h4-12,18-19,24H,13-14H2,1-3H3. The molecule has 1 aliphatic rings. The van der Waals surface area contributed by atoms with Crippen LogP contribution in [0.5, 0.6) is 0 Å². The highest BCUT2D eigenvalue weighted by Crippen LogP contribution is 2.48. The number of anilines is 1. The van der Waals surface area contributed by atoms with Gasteiger partial charge in [0.2, 0.25) is 0 Å². The fraction of sp³-hybridized carbons (Fsp3) is 0.429. The van der Waals surface area contributed by atoms with Gasteiger partial charge in [0.15, 0.2) is 0 Å². The number of halogens is 2. The quantitative estimate of drug-likeness (QED) is 0.730. The Morgan fingerprint density at radius 1 is 0.958 bits per heavy atom. The van der Waals surface area contributed by atoms with Crippen LogP contribution in [0.4, 0.5) is 14.5 Å². The maximum absolute atomic E-state index is 14.5. The molecule has 0 aliphatic heterocycles. The van der Waals surface area contributed by atoms with E-state index in [1.807, 2.05) is 54.6 Å². The van der Waals surface area contributed by atoms with Crippen LogP contribution in [0.15, 0.2) is 54.6 Å². The van der Waals surface area contributed by atoms with Crippen molar-refractivity contribution in [2.45, 2.75) is 56.9 Å². The summed E-state index contributed by atoms with van der Waals surface area (Å²) in [6.07, 6.45) is 0.413. The summed E-state index contributed by atoms with van der Waals surface area (Å²) >= 11 is 0. The van der Waals surface area contributed by atoms with Crippen LogP contribution < -0.4 is 5.32 Å². The smallest absolute Gasteiger partial charge is 0.256 e. The Kier molecular flexibility index (Phi) is 4.37. The minimum Gasteiger partial charge on any atom is -0.381 e. The van der Waals surface area contributed by atoms with Crippen molar-refractivity contribution in [2.75, 3.05) is 5.32 Å². The number of benzene rings is 2. The molecule has 3 rings (SSSR count). The molecule has 1 fully saturated rings. The fourth-order valence-corrected chi connectivity index (χ4v) is 3.54. The van der Waals surface area contributed by atoms with Crippen molar-refractivity contribution in [3.8, 4) is 0 Å². The summed E-state index contributed by atoms with van der Waals surface area (Å²) in [7, 11) is 0. The van der Waals surface area contributed by atoms with Crippen molar-refractivity contribution >= 4 is 5.69 Å². The van der Waals surface area contributed by atoms with E-state index in [0.29, 0.717) is 6.42 Å². The Balaban J connectivity index is 1.87. The summed E-state index contributed by atoms with van der Waals surface area (Å²) < 4.78 is 29.1. The Hall–Kier alpha value is -1.90. The van der Waals surface area contributed by atoms with Crippen molar-refractivity contribution in [1.29, 1.82) is 0 Å². The van der Waals surface area contributed by atoms with E-state index in [1.54, 1.807) is 0 Å². The molecule has 0 spiro atoms. The highest BCUT2D eigenvalue weighted by Gasteiger charge is 2.50. The summed E-state index contributed by atoms with van der Waals surface area (Å²) in [5, 5.41) is 3.31. The third-order valence-corrected chi connectivity index (χ3v) is 4.91. The second kappa shape index (κ2) is 6.19. The topological polar surface area (TPSA) is 12.0 Å². The van der Waals surface area contributed by atoms with Crippen LogP contribution in [-0.2, 0) is 5.41 Å². The summed E-state index contributed by atoms with van der Waals surface area (Å²) in [5.74, 6) is -3.46. The first-order chi connectivity index (χ1) is 11.3. The molecule has 2 aromatic rings. The van der Waals surface area contributed by atoms with Crippen LogP contribution in [0.2, 0.25) is 0 Å². The number of rotatable bonds is 3. The fourth-order valence-electron chi connectivity index (χ4n) is 3.54. The first-order valence-electron chi connectivity index (χ1n) is 8.57. The van der Waals surface area contributed by atoms with E-state index in [4.69, 9.17) is 0 Å². The molecule has 2 atom stereocenters. The molecule has 128 valence electrons. The first kappa shape index (κ1) is 16.9. The average Bonchev–Trinajstić information content (AvgIpc) is 2.82. The van der Waals surface area contributed by atoms with Gasteiger partial charge in [0.05, 0.1) is 5.92 Å². The van der Waals surface area contributed by atoms with Crippen LogP contribution >= 0.6 is 0 Å². The van der Waals surface area contributed by atoms with Gasteiger partial charge in [-0.05, 0) is 35.1 Å². The van der Waals surface area contributed by atoms with Crippen molar-refractivity contribution in [3.05, 3.63) is 65.7 Å². The van der Waals surface area contributed by atoms with Gasteiger partial charge in [-0.15, -0.1) is 0 Å². The molecule has 1 N–H and O–H groups in total. The molecule has 0 radical (unpaired) electrons. The molecular formula is C21H25F2N. The molecule has 1 saturated carbocycles. The van der Waals surface area contributed by atoms with E-state index in [0.717, 1.165) is 11.3 Å². The van der Waals surface area contributed by atoms with Crippen LogP contribution in [0.3, 0.4) is 0 Å². The van der Waals surface area contributed by atoms with E-state index in [9.17, 15) is 8.78 Å². The van der Waals surface area contributed by atoms with E-state index >= 15 is 0 Å². The summed E-state index contributed by atoms with van der Waals surface area (Å²) in [4.78, 5) is 0. The normalized spacial score (nSPS) is 23.2. The van der Waals surface area contributed by atoms with Gasteiger partial charge in [0.1, 0.15) is 0 Å². The van der Waals surface area contributed by atoms with Gasteiger partial charge in [0, 0.05) is 18.2 Å². The van der Waals surface area contributed by atoms with Crippen molar-refractivity contribution in [2.24, 2.45) is 0 Å². The monoisotopic (exact) mass is 329 g/mol. The van der Waals surface area contributed by atoms with Crippen molar-refractivity contribution in [3.63, 3.8) is 0 Å². The van der Waals surface area contributed by atoms with Crippen LogP contribution in [0.1, 0.15) is 50.7 Å². The SMILES string of the molecule is CC(C)(C)c1ccc(C2C(Nc3ccccc3)CCC2(F)F)cc1. The molecule has 0 saturated heterocycles. The Labute approximate surface area is 143 Å². The van der Waals surface area contributed by atoms with Gasteiger partial charge in [-0.3, -0.25) is 0 Å². The van der Waals surface area contributed by atoms with Gasteiger partial charge >= 0.3 is 0 Å². The molecule has 2 aromatic carbocycles. The predicted molar refractivity (Wildman–Crippen MR) is 95.9 cm³/mol. The number of hydrogen-bond donors (Lipinski definition) is 1. The molecule has 1 nitrogen and oxygen atoms in total. The zero-order valence-electron chi connectivity index (χ0n) is 14.5. The number of para-hydroxylation sites is 1. The molecule has 0 amide bonds. The minimum absolute atomic E-state index is 0.0262. The first-order valence-corrected chi connectivity index (χ1v) is 8.57. The van der Waals surface area contributed by atoms with Gasteiger partial charge in [-0.2, -0.15) is 0 Å². The molecule has 2 unspecified atom stereocenters. The lowest BCUT2D eigenvalue weighted by Gasteiger charge is -2.27. The number of nitrogens with one attached hydrogen (secondary N) is 1. The molecular weight excluding hydrogens is 304 g/mol. The lowest BCUT2D eigenvalue weighted by molar-refractivity contribution is -0.0101. The molecule has 0 aromatic heterocycles. The highest BCUT2D eigenvalue weighted by molar-refractivity contribution is 5.45. The molecule has 0 bridgehead atoms. The number of alkyl halides is 2. The Morgan fingerprint density at radius 2 is 1.58 bits per heavy atom. The van der Waals surface area contributed by atoms with Crippen molar-refractivity contribution < 1.29 is 8.78 Å². The maximum Gasteiger partial charge on any atom is 0.256 e. The van der Waals surface area contributed by atoms with Crippen LogP contribution in [-0.4, -0.2) is 12.0 Å². The highest BCUT2D eigenvalue weighted by atomic mass is 19.3. The molecule has 24 heavy (non-hydrogen) atoms. The zero-order chi connectivity index (χ0) is 17.4. The third kappa shape index (κ3) is 3.45. The minimum atomic E-state index is -2.67. The Bertz CT molecular complexity index is 671. The van der Waals surface area contributed by atoms with Gasteiger partial charge in [-0.25, -0.2) is 8.78 Å². The number of hydrogen-bond acceptors (Lipinski definition) is 1. The summed E-state index contributed by atoms with van der Waals surface area (Å²) in [5.41, 5.74) is 2.81. The predicted octanol–water partition coefficient (Wildman–Crippen LogP) is 5.98. The lowest BCUT2D eigenvalue weighted by atomic mass is 9.84. The van der Waals surface area contributed by atoms with Crippen LogP contribution in [0, 0.1) is 0 Å². The van der Waals surface area contributed by atoms with Gasteiger partial charge < -0.3 is 5.32 Å². The maximum atomic E-state index is 14.5.